The second-order valence-corrected chi connectivity index (χ2v) is 6.94. The minimum absolute atomic E-state index is 0.135. The van der Waals surface area contributed by atoms with E-state index >= 15 is 0 Å². The number of fused-ring (bicyclic) bond motifs is 2. The van der Waals surface area contributed by atoms with Gasteiger partial charge in [0, 0.05) is 11.9 Å². The summed E-state index contributed by atoms with van der Waals surface area (Å²) < 4.78 is 0. The summed E-state index contributed by atoms with van der Waals surface area (Å²) in [7, 11) is 0. The zero-order chi connectivity index (χ0) is 13.2. The number of amides is 1. The van der Waals surface area contributed by atoms with Crippen LogP contribution < -0.4 is 5.32 Å². The molecule has 3 atom stereocenters. The van der Waals surface area contributed by atoms with Crippen molar-refractivity contribution in [2.24, 2.45) is 17.8 Å². The lowest BCUT2D eigenvalue weighted by Crippen LogP contribution is -2.32. The molecule has 2 aliphatic rings. The molecule has 0 radical (unpaired) electrons. The van der Waals surface area contributed by atoms with Gasteiger partial charge in [0.1, 0.15) is 0 Å². The Morgan fingerprint density at radius 2 is 2.37 bits per heavy atom. The standard InChI is InChI=1S/C15H22N2OS/c1-2-15-17-13(9-19-15)7-14(18)16-8-12-6-10-3-4-11(12)5-10/h9-12H,2-8H2,1H3,(H,16,18)/t10-,11-,12-/m0/s1. The van der Waals surface area contributed by atoms with Gasteiger partial charge in [-0.2, -0.15) is 0 Å². The smallest absolute Gasteiger partial charge is 0.226 e. The molecule has 1 heterocycles. The van der Waals surface area contributed by atoms with Gasteiger partial charge in [0.2, 0.25) is 5.91 Å². The summed E-state index contributed by atoms with van der Waals surface area (Å²) in [6.07, 6.45) is 6.95. The number of aryl methyl sites for hydroxylation is 1. The van der Waals surface area contributed by atoms with E-state index in [2.05, 4.69) is 17.2 Å². The number of thiazole rings is 1. The number of hydrogen-bond donors (Lipinski definition) is 1. The van der Waals surface area contributed by atoms with Crippen molar-refractivity contribution in [1.82, 2.24) is 10.3 Å². The number of hydrogen-bond acceptors (Lipinski definition) is 3. The number of carbonyl (C=O) groups is 1. The van der Waals surface area contributed by atoms with E-state index < -0.39 is 0 Å². The molecule has 2 saturated carbocycles. The van der Waals surface area contributed by atoms with Gasteiger partial charge in [-0.1, -0.05) is 13.3 Å². The number of rotatable bonds is 5. The molecule has 0 aliphatic heterocycles. The zero-order valence-electron chi connectivity index (χ0n) is 11.5. The average molecular weight is 278 g/mol. The Labute approximate surface area is 118 Å². The second-order valence-electron chi connectivity index (χ2n) is 6.00. The van der Waals surface area contributed by atoms with Crippen LogP contribution >= 0.6 is 11.3 Å². The van der Waals surface area contributed by atoms with Gasteiger partial charge in [0.05, 0.1) is 17.1 Å². The third-order valence-electron chi connectivity index (χ3n) is 4.69. The van der Waals surface area contributed by atoms with Crippen LogP contribution in [0.15, 0.2) is 5.38 Å². The van der Waals surface area contributed by atoms with Crippen molar-refractivity contribution < 1.29 is 4.79 Å². The van der Waals surface area contributed by atoms with Crippen molar-refractivity contribution in [2.75, 3.05) is 6.54 Å². The van der Waals surface area contributed by atoms with Crippen molar-refractivity contribution in [2.45, 2.75) is 45.4 Å². The SMILES string of the molecule is CCc1nc(CC(=O)NC[C@@H]2C[C@H]3CC[C@H]2C3)cs1. The van der Waals surface area contributed by atoms with Crippen LogP contribution in [-0.4, -0.2) is 17.4 Å². The molecular formula is C15H22N2OS. The lowest BCUT2D eigenvalue weighted by atomic mass is 9.89. The number of nitrogens with zero attached hydrogens (tertiary/aromatic N) is 1. The molecular weight excluding hydrogens is 256 g/mol. The Bertz CT molecular complexity index is 457. The summed E-state index contributed by atoms with van der Waals surface area (Å²) in [4.78, 5) is 16.4. The summed E-state index contributed by atoms with van der Waals surface area (Å²) >= 11 is 1.65. The highest BCUT2D eigenvalue weighted by molar-refractivity contribution is 7.09. The first kappa shape index (κ1) is 13.1. The molecule has 0 spiro atoms. The summed E-state index contributed by atoms with van der Waals surface area (Å²) in [6.45, 7) is 2.97. The molecule has 0 unspecified atom stereocenters. The summed E-state index contributed by atoms with van der Waals surface area (Å²) in [5, 5.41) is 6.24. The Morgan fingerprint density at radius 1 is 1.47 bits per heavy atom. The maximum absolute atomic E-state index is 11.9. The fourth-order valence-electron chi connectivity index (χ4n) is 3.69. The molecule has 1 aromatic heterocycles. The molecule has 3 nitrogen and oxygen atoms in total. The third kappa shape index (κ3) is 2.99. The number of carbonyl (C=O) groups excluding carboxylic acids is 1. The first-order valence-corrected chi connectivity index (χ1v) is 8.32. The Balaban J connectivity index is 1.44. The topological polar surface area (TPSA) is 42.0 Å². The molecule has 0 aromatic carbocycles. The van der Waals surface area contributed by atoms with Crippen LogP contribution in [0.5, 0.6) is 0 Å². The van der Waals surface area contributed by atoms with Crippen LogP contribution in [0, 0.1) is 17.8 Å². The number of aromatic nitrogens is 1. The van der Waals surface area contributed by atoms with Gasteiger partial charge in [-0.25, -0.2) is 4.98 Å². The molecule has 2 aliphatic carbocycles. The molecule has 3 rings (SSSR count). The van der Waals surface area contributed by atoms with Crippen molar-refractivity contribution in [3.63, 3.8) is 0 Å². The van der Waals surface area contributed by atoms with E-state index in [4.69, 9.17) is 0 Å². The lowest BCUT2D eigenvalue weighted by Gasteiger charge is -2.21. The van der Waals surface area contributed by atoms with Crippen LogP contribution in [0.25, 0.3) is 0 Å². The Hall–Kier alpha value is -0.900. The minimum atomic E-state index is 0.135. The van der Waals surface area contributed by atoms with E-state index in [1.54, 1.807) is 11.3 Å². The molecule has 19 heavy (non-hydrogen) atoms. The normalized spacial score (nSPS) is 28.8. The highest BCUT2D eigenvalue weighted by Crippen LogP contribution is 2.47. The maximum atomic E-state index is 11.9. The van der Waals surface area contributed by atoms with E-state index in [0.717, 1.165) is 41.4 Å². The molecule has 2 bridgehead atoms. The van der Waals surface area contributed by atoms with E-state index in [0.29, 0.717) is 6.42 Å². The van der Waals surface area contributed by atoms with E-state index in [-0.39, 0.29) is 5.91 Å². The second kappa shape index (κ2) is 5.61. The monoisotopic (exact) mass is 278 g/mol. The maximum Gasteiger partial charge on any atom is 0.226 e. The Morgan fingerprint density at radius 3 is 3.00 bits per heavy atom. The van der Waals surface area contributed by atoms with Crippen molar-refractivity contribution in [3.05, 3.63) is 16.1 Å². The van der Waals surface area contributed by atoms with Crippen LogP contribution in [0.1, 0.15) is 43.3 Å². The number of nitrogens with one attached hydrogen (secondary N) is 1. The fraction of sp³-hybridized carbons (Fsp3) is 0.733. The molecule has 0 saturated heterocycles. The van der Waals surface area contributed by atoms with Gasteiger partial charge in [-0.15, -0.1) is 11.3 Å². The molecule has 1 aromatic rings. The highest BCUT2D eigenvalue weighted by Gasteiger charge is 2.39. The van der Waals surface area contributed by atoms with Crippen LogP contribution in [0.4, 0.5) is 0 Å². The van der Waals surface area contributed by atoms with E-state index in [9.17, 15) is 4.79 Å². The van der Waals surface area contributed by atoms with Gasteiger partial charge in [0.25, 0.3) is 0 Å². The van der Waals surface area contributed by atoms with Crippen molar-refractivity contribution >= 4 is 17.2 Å². The zero-order valence-corrected chi connectivity index (χ0v) is 12.3. The predicted molar refractivity (Wildman–Crippen MR) is 77.1 cm³/mol. The molecule has 1 amide bonds. The highest BCUT2D eigenvalue weighted by atomic mass is 32.1. The molecule has 104 valence electrons. The van der Waals surface area contributed by atoms with Crippen molar-refractivity contribution in [1.29, 1.82) is 0 Å². The first-order chi connectivity index (χ1) is 9.24. The van der Waals surface area contributed by atoms with Gasteiger partial charge in [-0.05, 0) is 43.4 Å². The van der Waals surface area contributed by atoms with E-state index in [1.807, 2.05) is 5.38 Å². The fourth-order valence-corrected chi connectivity index (χ4v) is 4.44. The molecule has 1 N–H and O–H groups in total. The van der Waals surface area contributed by atoms with E-state index in [1.165, 1.54) is 25.7 Å². The minimum Gasteiger partial charge on any atom is -0.355 e. The predicted octanol–water partition coefficient (Wildman–Crippen LogP) is 2.80. The van der Waals surface area contributed by atoms with Gasteiger partial charge < -0.3 is 5.32 Å². The quantitative estimate of drug-likeness (QED) is 0.900. The van der Waals surface area contributed by atoms with Gasteiger partial charge in [-0.3, -0.25) is 4.79 Å². The third-order valence-corrected chi connectivity index (χ3v) is 5.73. The average Bonchev–Trinajstić information content (AvgIpc) is 3.12. The van der Waals surface area contributed by atoms with Gasteiger partial charge in [0.15, 0.2) is 0 Å². The lowest BCUT2D eigenvalue weighted by molar-refractivity contribution is -0.120. The van der Waals surface area contributed by atoms with Crippen LogP contribution in [0.2, 0.25) is 0 Å². The largest absolute Gasteiger partial charge is 0.355 e. The molecule has 2 fully saturated rings. The summed E-state index contributed by atoms with van der Waals surface area (Å²) in [6, 6.07) is 0. The summed E-state index contributed by atoms with van der Waals surface area (Å²) in [5.41, 5.74) is 0.923. The van der Waals surface area contributed by atoms with Crippen LogP contribution in [0.3, 0.4) is 0 Å². The summed E-state index contributed by atoms with van der Waals surface area (Å²) in [5.74, 6) is 2.72. The first-order valence-electron chi connectivity index (χ1n) is 7.44. The molecule has 4 heteroatoms. The Kier molecular flexibility index (Phi) is 3.87. The van der Waals surface area contributed by atoms with Gasteiger partial charge >= 0.3 is 0 Å². The van der Waals surface area contributed by atoms with Crippen LogP contribution in [-0.2, 0) is 17.6 Å². The van der Waals surface area contributed by atoms with Crippen molar-refractivity contribution in [3.8, 4) is 0 Å².